The van der Waals surface area contributed by atoms with Gasteiger partial charge in [0.1, 0.15) is 0 Å². The molecule has 7 aromatic carbocycles. The summed E-state index contributed by atoms with van der Waals surface area (Å²) in [5.41, 5.74) is 10.6. The maximum absolute atomic E-state index is 3.63. The van der Waals surface area contributed by atoms with E-state index in [0.717, 1.165) is 28.1 Å². The summed E-state index contributed by atoms with van der Waals surface area (Å²) in [6, 6.07) is 58.6. The van der Waals surface area contributed by atoms with Crippen LogP contribution >= 0.6 is 0 Å². The molecule has 2 nitrogen and oxygen atoms in total. The lowest BCUT2D eigenvalue weighted by Crippen LogP contribution is -2.09. The predicted molar refractivity (Wildman–Crippen MR) is 179 cm³/mol. The van der Waals surface area contributed by atoms with Gasteiger partial charge in [-0.05, 0) is 93.7 Å². The highest BCUT2D eigenvalue weighted by Crippen LogP contribution is 2.37. The van der Waals surface area contributed by atoms with Crippen molar-refractivity contribution >= 4 is 49.6 Å². The van der Waals surface area contributed by atoms with E-state index >= 15 is 0 Å². The van der Waals surface area contributed by atoms with Crippen LogP contribution in [0, 0.1) is 0 Å². The smallest absolute Gasteiger partial charge is 0.0465 e. The van der Waals surface area contributed by atoms with Crippen LogP contribution in [0.25, 0.3) is 54.8 Å². The quantitative estimate of drug-likeness (QED) is 0.232. The zero-order valence-electron chi connectivity index (χ0n) is 23.0. The number of hydrogen-bond acceptors (Lipinski definition) is 1. The SMILES string of the molecule is c1ccc(N(c2ccccc2)c2ccc(-c3ccc4[nH]c5ccc(-c6cccc7ccccc67)cc5c4c3)cc2)cc1. The summed E-state index contributed by atoms with van der Waals surface area (Å²) in [5.74, 6) is 0. The number of nitrogens with one attached hydrogen (secondary N) is 1. The highest BCUT2D eigenvalue weighted by molar-refractivity contribution is 6.10. The van der Waals surface area contributed by atoms with E-state index in [1.165, 1.54) is 43.8 Å². The van der Waals surface area contributed by atoms with Gasteiger partial charge in [-0.3, -0.25) is 0 Å². The number of aromatic amines is 1. The van der Waals surface area contributed by atoms with Crippen LogP contribution in [0.15, 0.2) is 164 Å². The molecule has 0 saturated heterocycles. The first-order chi connectivity index (χ1) is 20.8. The third-order valence-corrected chi connectivity index (χ3v) is 8.19. The molecule has 0 atom stereocenters. The average molecular weight is 537 g/mol. The number of H-pyrrole nitrogens is 1. The molecule has 8 aromatic rings. The molecule has 0 unspecified atom stereocenters. The Morgan fingerprint density at radius 2 is 0.881 bits per heavy atom. The zero-order valence-corrected chi connectivity index (χ0v) is 23.0. The first-order valence-electron chi connectivity index (χ1n) is 14.4. The minimum absolute atomic E-state index is 1.13. The van der Waals surface area contributed by atoms with Gasteiger partial charge in [0.2, 0.25) is 0 Å². The molecule has 0 aliphatic rings. The van der Waals surface area contributed by atoms with Crippen LogP contribution in [-0.4, -0.2) is 4.98 Å². The molecule has 1 N–H and O–H groups in total. The number of para-hydroxylation sites is 2. The van der Waals surface area contributed by atoms with E-state index < -0.39 is 0 Å². The molecular weight excluding hydrogens is 508 g/mol. The lowest BCUT2D eigenvalue weighted by atomic mass is 9.96. The molecule has 2 heteroatoms. The first kappa shape index (κ1) is 24.2. The van der Waals surface area contributed by atoms with E-state index in [1.54, 1.807) is 0 Å². The number of anilines is 3. The van der Waals surface area contributed by atoms with Gasteiger partial charge in [0, 0.05) is 38.9 Å². The fraction of sp³-hybridized carbons (Fsp3) is 0. The van der Waals surface area contributed by atoms with Crippen LogP contribution in [0.2, 0.25) is 0 Å². The molecule has 0 fully saturated rings. The highest BCUT2D eigenvalue weighted by Gasteiger charge is 2.13. The number of rotatable bonds is 5. The minimum atomic E-state index is 1.13. The maximum atomic E-state index is 3.63. The standard InChI is InChI=1S/C40H28N2/c1-3-12-32(13-4-1)42(33-14-5-2-6-15-33)34-22-18-28(19-23-34)30-20-24-39-37(26-30)38-27-31(21-25-40(38)41-39)36-17-9-11-29-10-7-8-16-35(29)36/h1-27,41H. The van der Waals surface area contributed by atoms with E-state index in [9.17, 15) is 0 Å². The van der Waals surface area contributed by atoms with Gasteiger partial charge in [0.05, 0.1) is 0 Å². The van der Waals surface area contributed by atoms with Gasteiger partial charge in [-0.25, -0.2) is 0 Å². The second-order valence-corrected chi connectivity index (χ2v) is 10.7. The van der Waals surface area contributed by atoms with Crippen LogP contribution in [0.1, 0.15) is 0 Å². The van der Waals surface area contributed by atoms with Crippen LogP contribution in [-0.2, 0) is 0 Å². The summed E-state index contributed by atoms with van der Waals surface area (Å²) in [7, 11) is 0. The van der Waals surface area contributed by atoms with E-state index in [0.29, 0.717) is 0 Å². The maximum Gasteiger partial charge on any atom is 0.0465 e. The highest BCUT2D eigenvalue weighted by atomic mass is 15.1. The van der Waals surface area contributed by atoms with Gasteiger partial charge in [-0.2, -0.15) is 0 Å². The topological polar surface area (TPSA) is 19.0 Å². The average Bonchev–Trinajstić information content (AvgIpc) is 3.43. The lowest BCUT2D eigenvalue weighted by Gasteiger charge is -2.25. The summed E-state index contributed by atoms with van der Waals surface area (Å²) >= 11 is 0. The summed E-state index contributed by atoms with van der Waals surface area (Å²) in [5, 5.41) is 5.02. The Labute approximate surface area is 245 Å². The Morgan fingerprint density at radius 1 is 0.357 bits per heavy atom. The van der Waals surface area contributed by atoms with Crippen molar-refractivity contribution in [1.82, 2.24) is 4.98 Å². The van der Waals surface area contributed by atoms with Crippen LogP contribution in [0.5, 0.6) is 0 Å². The van der Waals surface area contributed by atoms with Crippen molar-refractivity contribution in [3.8, 4) is 22.3 Å². The van der Waals surface area contributed by atoms with Crippen molar-refractivity contribution in [2.45, 2.75) is 0 Å². The second-order valence-electron chi connectivity index (χ2n) is 10.7. The molecule has 1 aromatic heterocycles. The van der Waals surface area contributed by atoms with Crippen molar-refractivity contribution in [1.29, 1.82) is 0 Å². The molecular formula is C40H28N2. The molecule has 1 heterocycles. The molecule has 0 bridgehead atoms. The monoisotopic (exact) mass is 536 g/mol. The molecule has 0 amide bonds. The van der Waals surface area contributed by atoms with Gasteiger partial charge in [0.15, 0.2) is 0 Å². The van der Waals surface area contributed by atoms with Crippen LogP contribution < -0.4 is 4.90 Å². The molecule has 0 saturated carbocycles. The van der Waals surface area contributed by atoms with E-state index in [-0.39, 0.29) is 0 Å². The molecule has 0 aliphatic heterocycles. The number of fused-ring (bicyclic) bond motifs is 4. The summed E-state index contributed by atoms with van der Waals surface area (Å²) in [4.78, 5) is 5.92. The van der Waals surface area contributed by atoms with Gasteiger partial charge >= 0.3 is 0 Å². The Morgan fingerprint density at radius 3 is 1.57 bits per heavy atom. The van der Waals surface area contributed by atoms with E-state index in [4.69, 9.17) is 0 Å². The fourth-order valence-electron chi connectivity index (χ4n) is 6.13. The summed E-state index contributed by atoms with van der Waals surface area (Å²) < 4.78 is 0. The third kappa shape index (κ3) is 4.22. The van der Waals surface area contributed by atoms with Crippen molar-refractivity contribution < 1.29 is 0 Å². The second kappa shape index (κ2) is 10.1. The Hall–Kier alpha value is -5.60. The summed E-state index contributed by atoms with van der Waals surface area (Å²) in [6.45, 7) is 0. The molecule has 0 aliphatic carbocycles. The third-order valence-electron chi connectivity index (χ3n) is 8.19. The van der Waals surface area contributed by atoms with Crippen LogP contribution in [0.3, 0.4) is 0 Å². The Kier molecular flexibility index (Phi) is 5.82. The Bertz CT molecular complexity index is 2130. The van der Waals surface area contributed by atoms with Crippen LogP contribution in [0.4, 0.5) is 17.1 Å². The van der Waals surface area contributed by atoms with E-state index in [1.807, 2.05) is 0 Å². The first-order valence-corrected chi connectivity index (χ1v) is 14.4. The fourth-order valence-corrected chi connectivity index (χ4v) is 6.13. The lowest BCUT2D eigenvalue weighted by molar-refractivity contribution is 1.28. The minimum Gasteiger partial charge on any atom is -0.355 e. The molecule has 42 heavy (non-hydrogen) atoms. The van der Waals surface area contributed by atoms with Crippen molar-refractivity contribution in [2.75, 3.05) is 4.90 Å². The predicted octanol–water partition coefficient (Wildman–Crippen LogP) is 11.3. The normalized spacial score (nSPS) is 11.3. The number of nitrogens with zero attached hydrogens (tertiary/aromatic N) is 1. The van der Waals surface area contributed by atoms with E-state index in [2.05, 4.69) is 174 Å². The van der Waals surface area contributed by atoms with Gasteiger partial charge in [0.25, 0.3) is 0 Å². The van der Waals surface area contributed by atoms with Crippen molar-refractivity contribution in [3.05, 3.63) is 164 Å². The number of benzene rings is 7. The van der Waals surface area contributed by atoms with Crippen molar-refractivity contribution in [2.24, 2.45) is 0 Å². The Balaban J connectivity index is 1.19. The molecule has 8 rings (SSSR count). The number of hydrogen-bond donors (Lipinski definition) is 1. The van der Waals surface area contributed by atoms with Crippen molar-refractivity contribution in [3.63, 3.8) is 0 Å². The molecule has 0 radical (unpaired) electrons. The molecule has 198 valence electrons. The number of aromatic nitrogens is 1. The summed E-state index contributed by atoms with van der Waals surface area (Å²) in [6.07, 6.45) is 0. The zero-order chi connectivity index (χ0) is 27.9. The van der Waals surface area contributed by atoms with Gasteiger partial charge in [-0.1, -0.05) is 103 Å². The van der Waals surface area contributed by atoms with Gasteiger partial charge < -0.3 is 9.88 Å². The molecule has 0 spiro atoms. The van der Waals surface area contributed by atoms with Gasteiger partial charge in [-0.15, -0.1) is 0 Å². The largest absolute Gasteiger partial charge is 0.355 e.